The van der Waals surface area contributed by atoms with Crippen LogP contribution in [-0.4, -0.2) is 55.1 Å². The van der Waals surface area contributed by atoms with E-state index in [0.29, 0.717) is 17.1 Å². The van der Waals surface area contributed by atoms with Gasteiger partial charge in [-0.3, -0.25) is 9.69 Å². The Morgan fingerprint density at radius 1 is 1.14 bits per heavy atom. The number of hydrogen-bond donors (Lipinski definition) is 1. The Hall–Kier alpha value is -1.67. The maximum Gasteiger partial charge on any atom is 0.251 e. The third-order valence-corrected chi connectivity index (χ3v) is 6.63. The lowest BCUT2D eigenvalue weighted by molar-refractivity contribution is 0.0948. The van der Waals surface area contributed by atoms with Crippen LogP contribution in [0.4, 0.5) is 5.13 Å². The number of fused-ring (bicyclic) bond motifs is 1. The van der Waals surface area contributed by atoms with Crippen LogP contribution in [0, 0.1) is 0 Å². The standard InChI is InChI=1S/C20H20BrClN4OS/c21-15-3-6-17-18(13-15)28-20(24-17)26-11-9-25(10-12-26)8-7-23-19(27)14-1-4-16(22)5-2-14/h1-6,13H,7-12H2,(H,23,27). The van der Waals surface area contributed by atoms with Crippen molar-refractivity contribution < 1.29 is 4.79 Å². The highest BCUT2D eigenvalue weighted by Gasteiger charge is 2.19. The second-order valence-corrected chi connectivity index (χ2v) is 9.06. The first-order valence-corrected chi connectivity index (χ1v) is 11.1. The summed E-state index contributed by atoms with van der Waals surface area (Å²) in [6, 6.07) is 13.2. The van der Waals surface area contributed by atoms with Crippen molar-refractivity contribution >= 4 is 60.1 Å². The molecule has 0 spiro atoms. The van der Waals surface area contributed by atoms with Crippen LogP contribution in [0.25, 0.3) is 10.2 Å². The van der Waals surface area contributed by atoms with E-state index in [-0.39, 0.29) is 5.91 Å². The van der Waals surface area contributed by atoms with Crippen molar-refractivity contribution in [2.75, 3.05) is 44.2 Å². The SMILES string of the molecule is O=C(NCCN1CCN(c2nc3ccc(Br)cc3s2)CC1)c1ccc(Cl)cc1. The van der Waals surface area contributed by atoms with E-state index < -0.39 is 0 Å². The Bertz CT molecular complexity index is 970. The van der Waals surface area contributed by atoms with Crippen molar-refractivity contribution in [3.05, 3.63) is 57.5 Å². The number of carbonyl (C=O) groups excluding carboxylic acids is 1. The summed E-state index contributed by atoms with van der Waals surface area (Å²) in [5.74, 6) is -0.0593. The molecule has 1 aromatic heterocycles. The predicted molar refractivity (Wildman–Crippen MR) is 120 cm³/mol. The largest absolute Gasteiger partial charge is 0.351 e. The van der Waals surface area contributed by atoms with Crippen LogP contribution in [0.5, 0.6) is 0 Å². The minimum atomic E-state index is -0.0593. The summed E-state index contributed by atoms with van der Waals surface area (Å²) in [6.45, 7) is 5.32. The summed E-state index contributed by atoms with van der Waals surface area (Å²) in [4.78, 5) is 21.6. The quantitative estimate of drug-likeness (QED) is 0.594. The first-order chi connectivity index (χ1) is 13.6. The van der Waals surface area contributed by atoms with Gasteiger partial charge in [-0.15, -0.1) is 0 Å². The first kappa shape index (κ1) is 19.6. The van der Waals surface area contributed by atoms with E-state index in [4.69, 9.17) is 16.6 Å². The zero-order chi connectivity index (χ0) is 19.5. The minimum absolute atomic E-state index is 0.0593. The fraction of sp³-hybridized carbons (Fsp3) is 0.300. The van der Waals surface area contributed by atoms with E-state index in [9.17, 15) is 4.79 Å². The lowest BCUT2D eigenvalue weighted by atomic mass is 10.2. The molecule has 28 heavy (non-hydrogen) atoms. The summed E-state index contributed by atoms with van der Waals surface area (Å²) >= 11 is 11.1. The summed E-state index contributed by atoms with van der Waals surface area (Å²) in [5, 5.41) is 4.70. The van der Waals surface area contributed by atoms with E-state index in [1.165, 1.54) is 4.70 Å². The molecule has 3 aromatic rings. The number of nitrogens with zero attached hydrogens (tertiary/aromatic N) is 3. The Morgan fingerprint density at radius 3 is 2.64 bits per heavy atom. The number of benzene rings is 2. The first-order valence-electron chi connectivity index (χ1n) is 9.16. The molecule has 0 aliphatic carbocycles. The lowest BCUT2D eigenvalue weighted by Gasteiger charge is -2.34. The number of anilines is 1. The van der Waals surface area contributed by atoms with Gasteiger partial charge in [0.15, 0.2) is 5.13 Å². The minimum Gasteiger partial charge on any atom is -0.351 e. The number of thiazole rings is 1. The normalized spacial score (nSPS) is 15.1. The molecule has 0 radical (unpaired) electrons. The molecule has 0 atom stereocenters. The number of amides is 1. The monoisotopic (exact) mass is 478 g/mol. The Kier molecular flexibility index (Phi) is 6.16. The molecule has 1 aliphatic heterocycles. The van der Waals surface area contributed by atoms with Crippen LogP contribution in [0.1, 0.15) is 10.4 Å². The molecular formula is C20H20BrClN4OS. The van der Waals surface area contributed by atoms with Crippen LogP contribution in [-0.2, 0) is 0 Å². The number of rotatable bonds is 5. The van der Waals surface area contributed by atoms with Crippen molar-refractivity contribution in [2.24, 2.45) is 0 Å². The van der Waals surface area contributed by atoms with E-state index in [0.717, 1.165) is 47.8 Å². The van der Waals surface area contributed by atoms with E-state index in [1.807, 2.05) is 6.07 Å². The van der Waals surface area contributed by atoms with Gasteiger partial charge in [-0.05, 0) is 42.5 Å². The molecule has 146 valence electrons. The summed E-state index contributed by atoms with van der Waals surface area (Å²) in [5.41, 5.74) is 1.69. The van der Waals surface area contributed by atoms with Gasteiger partial charge >= 0.3 is 0 Å². The fourth-order valence-electron chi connectivity index (χ4n) is 3.22. The smallest absolute Gasteiger partial charge is 0.251 e. The van der Waals surface area contributed by atoms with E-state index in [2.05, 4.69) is 43.2 Å². The molecular weight excluding hydrogens is 460 g/mol. The number of halogens is 2. The van der Waals surface area contributed by atoms with Crippen molar-refractivity contribution in [3.63, 3.8) is 0 Å². The molecule has 5 nitrogen and oxygen atoms in total. The van der Waals surface area contributed by atoms with Crippen molar-refractivity contribution in [1.82, 2.24) is 15.2 Å². The summed E-state index contributed by atoms with van der Waals surface area (Å²) in [6.07, 6.45) is 0. The van der Waals surface area contributed by atoms with Gasteiger partial charge in [0.1, 0.15) is 0 Å². The molecule has 4 rings (SSSR count). The van der Waals surface area contributed by atoms with Crippen molar-refractivity contribution in [2.45, 2.75) is 0 Å². The molecule has 1 N–H and O–H groups in total. The third-order valence-electron chi connectivity index (χ3n) is 4.80. The van der Waals surface area contributed by atoms with E-state index >= 15 is 0 Å². The topological polar surface area (TPSA) is 48.5 Å². The lowest BCUT2D eigenvalue weighted by Crippen LogP contribution is -2.48. The Labute approximate surface area is 181 Å². The summed E-state index contributed by atoms with van der Waals surface area (Å²) < 4.78 is 2.29. The number of hydrogen-bond acceptors (Lipinski definition) is 5. The summed E-state index contributed by atoms with van der Waals surface area (Å²) in [7, 11) is 0. The third kappa shape index (κ3) is 4.66. The number of aromatic nitrogens is 1. The molecule has 1 aliphatic rings. The van der Waals surface area contributed by atoms with Crippen LogP contribution in [0.2, 0.25) is 5.02 Å². The zero-order valence-corrected chi connectivity index (χ0v) is 18.4. The van der Waals surface area contributed by atoms with Gasteiger partial charge in [-0.25, -0.2) is 4.98 Å². The van der Waals surface area contributed by atoms with Crippen LogP contribution < -0.4 is 10.2 Å². The van der Waals surface area contributed by atoms with E-state index in [1.54, 1.807) is 35.6 Å². The molecule has 0 bridgehead atoms. The van der Waals surface area contributed by atoms with Gasteiger partial charge in [0.25, 0.3) is 5.91 Å². The number of carbonyl (C=O) groups is 1. The predicted octanol–water partition coefficient (Wildman–Crippen LogP) is 4.26. The number of nitrogens with one attached hydrogen (secondary N) is 1. The zero-order valence-electron chi connectivity index (χ0n) is 15.2. The molecule has 0 unspecified atom stereocenters. The maximum atomic E-state index is 12.2. The molecule has 2 aromatic carbocycles. The highest BCUT2D eigenvalue weighted by atomic mass is 79.9. The number of piperazine rings is 1. The van der Waals surface area contributed by atoms with Gasteiger partial charge < -0.3 is 10.2 Å². The Balaban J connectivity index is 1.24. The molecule has 1 fully saturated rings. The fourth-order valence-corrected chi connectivity index (χ4v) is 4.91. The van der Waals surface area contributed by atoms with Gasteiger partial charge in [0.05, 0.1) is 10.2 Å². The second-order valence-electron chi connectivity index (χ2n) is 6.70. The molecule has 2 heterocycles. The highest BCUT2D eigenvalue weighted by molar-refractivity contribution is 9.10. The van der Waals surface area contributed by atoms with Crippen molar-refractivity contribution in [1.29, 1.82) is 0 Å². The molecule has 1 amide bonds. The average Bonchev–Trinajstić information content (AvgIpc) is 3.12. The average molecular weight is 480 g/mol. The van der Waals surface area contributed by atoms with Crippen molar-refractivity contribution in [3.8, 4) is 0 Å². The molecule has 8 heteroatoms. The molecule has 0 saturated carbocycles. The van der Waals surface area contributed by atoms with Gasteiger partial charge in [0.2, 0.25) is 0 Å². The van der Waals surface area contributed by atoms with Gasteiger partial charge in [-0.2, -0.15) is 0 Å². The Morgan fingerprint density at radius 2 is 1.89 bits per heavy atom. The van der Waals surface area contributed by atoms with Crippen LogP contribution >= 0.6 is 38.9 Å². The van der Waals surface area contributed by atoms with Gasteiger partial charge in [-0.1, -0.05) is 38.9 Å². The maximum absolute atomic E-state index is 12.2. The van der Waals surface area contributed by atoms with Gasteiger partial charge in [0, 0.05) is 54.3 Å². The second kappa shape index (κ2) is 8.78. The highest BCUT2D eigenvalue weighted by Crippen LogP contribution is 2.31. The van der Waals surface area contributed by atoms with Crippen LogP contribution in [0.15, 0.2) is 46.9 Å². The van der Waals surface area contributed by atoms with Crippen LogP contribution in [0.3, 0.4) is 0 Å². The molecule has 1 saturated heterocycles.